The number of anilines is 1. The fraction of sp³-hybridized carbons (Fsp3) is 0.263. The Bertz CT molecular complexity index is 816. The van der Waals surface area contributed by atoms with Gasteiger partial charge in [0.1, 0.15) is 5.82 Å². The lowest BCUT2D eigenvalue weighted by Gasteiger charge is -2.25. The van der Waals surface area contributed by atoms with E-state index in [1.165, 1.54) is 29.2 Å². The van der Waals surface area contributed by atoms with E-state index in [0.717, 1.165) is 0 Å². The van der Waals surface area contributed by atoms with Crippen LogP contribution in [0.3, 0.4) is 0 Å². The molecule has 27 heavy (non-hydrogen) atoms. The van der Waals surface area contributed by atoms with Gasteiger partial charge in [0.15, 0.2) is 5.78 Å². The number of carbonyl (C=O) groups excluding carboxylic acids is 2. The zero-order valence-electron chi connectivity index (χ0n) is 14.5. The number of nitrogens with zero attached hydrogens (tertiary/aromatic N) is 1. The number of amides is 1. The summed E-state index contributed by atoms with van der Waals surface area (Å²) in [5, 5.41) is 20.9. The smallest absolute Gasteiger partial charge is 0.239 e. The molecule has 0 heterocycles. The lowest BCUT2D eigenvalue weighted by Crippen LogP contribution is -2.40. The fourth-order valence-electron chi connectivity index (χ4n) is 2.59. The second-order valence-electron chi connectivity index (χ2n) is 5.69. The first-order valence-corrected chi connectivity index (χ1v) is 8.68. The van der Waals surface area contributed by atoms with Gasteiger partial charge < -0.3 is 20.4 Å². The molecule has 2 aromatic rings. The molecule has 3 N–H and O–H groups in total. The van der Waals surface area contributed by atoms with Crippen molar-refractivity contribution in [1.82, 2.24) is 5.32 Å². The first kappa shape index (κ1) is 20.8. The Hall–Kier alpha value is -2.48. The lowest BCUT2D eigenvalue weighted by molar-refractivity contribution is -0.119. The average molecular weight is 395 g/mol. The molecule has 0 spiro atoms. The van der Waals surface area contributed by atoms with Crippen molar-refractivity contribution in [2.24, 2.45) is 0 Å². The van der Waals surface area contributed by atoms with Crippen LogP contribution in [-0.4, -0.2) is 54.8 Å². The van der Waals surface area contributed by atoms with Crippen molar-refractivity contribution < 1.29 is 24.2 Å². The van der Waals surface area contributed by atoms with Crippen LogP contribution in [0.1, 0.15) is 15.9 Å². The number of aliphatic hydroxyl groups excluding tert-OH is 2. The van der Waals surface area contributed by atoms with Crippen molar-refractivity contribution in [2.45, 2.75) is 0 Å². The van der Waals surface area contributed by atoms with Gasteiger partial charge in [-0.05, 0) is 30.3 Å². The lowest BCUT2D eigenvalue weighted by atomic mass is 10.0. The molecule has 0 saturated heterocycles. The minimum Gasteiger partial charge on any atom is -0.395 e. The maximum atomic E-state index is 14.1. The molecule has 144 valence electrons. The molecular formula is C19H20ClFN2O4. The zero-order valence-corrected chi connectivity index (χ0v) is 15.2. The van der Waals surface area contributed by atoms with Crippen LogP contribution in [0.2, 0.25) is 5.02 Å². The van der Waals surface area contributed by atoms with Crippen molar-refractivity contribution in [3.05, 3.63) is 64.4 Å². The van der Waals surface area contributed by atoms with Crippen molar-refractivity contribution in [2.75, 3.05) is 37.7 Å². The number of halogens is 2. The van der Waals surface area contributed by atoms with Crippen LogP contribution < -0.4 is 10.2 Å². The maximum Gasteiger partial charge on any atom is 0.239 e. The van der Waals surface area contributed by atoms with Crippen LogP contribution in [0.15, 0.2) is 42.5 Å². The van der Waals surface area contributed by atoms with Gasteiger partial charge in [-0.25, -0.2) is 4.39 Å². The highest BCUT2D eigenvalue weighted by Gasteiger charge is 2.22. The number of rotatable bonds is 9. The third-order valence-corrected chi connectivity index (χ3v) is 4.04. The van der Waals surface area contributed by atoms with E-state index in [0.29, 0.717) is 5.69 Å². The largest absolute Gasteiger partial charge is 0.395 e. The Morgan fingerprint density at radius 2 is 1.81 bits per heavy atom. The van der Waals surface area contributed by atoms with Crippen molar-refractivity contribution in [1.29, 1.82) is 0 Å². The summed E-state index contributed by atoms with van der Waals surface area (Å²) >= 11 is 6.02. The van der Waals surface area contributed by atoms with Gasteiger partial charge in [-0.15, -0.1) is 0 Å². The molecule has 0 radical (unpaired) electrons. The molecule has 6 nitrogen and oxygen atoms in total. The summed E-state index contributed by atoms with van der Waals surface area (Å²) in [6, 6.07) is 10.1. The molecule has 8 heteroatoms. The second kappa shape index (κ2) is 10.0. The summed E-state index contributed by atoms with van der Waals surface area (Å²) in [7, 11) is 0. The Kier molecular flexibility index (Phi) is 7.72. The highest BCUT2D eigenvalue weighted by molar-refractivity contribution is 6.31. The van der Waals surface area contributed by atoms with Crippen LogP contribution in [0.5, 0.6) is 0 Å². The molecule has 2 rings (SSSR count). The van der Waals surface area contributed by atoms with Gasteiger partial charge >= 0.3 is 0 Å². The van der Waals surface area contributed by atoms with Crippen molar-refractivity contribution >= 4 is 29.0 Å². The van der Waals surface area contributed by atoms with Gasteiger partial charge in [-0.1, -0.05) is 23.7 Å². The van der Waals surface area contributed by atoms with Gasteiger partial charge in [0.2, 0.25) is 5.91 Å². The van der Waals surface area contributed by atoms with E-state index in [4.69, 9.17) is 16.7 Å². The minimum absolute atomic E-state index is 0.0751. The number of carbonyl (C=O) groups is 2. The molecule has 0 saturated carbocycles. The van der Waals surface area contributed by atoms with E-state index < -0.39 is 17.5 Å². The number of hydrogen-bond donors (Lipinski definition) is 3. The van der Waals surface area contributed by atoms with Crippen LogP contribution in [0.4, 0.5) is 10.1 Å². The topological polar surface area (TPSA) is 89.9 Å². The molecule has 0 fully saturated rings. The molecule has 1 amide bonds. The number of hydrogen-bond acceptors (Lipinski definition) is 5. The molecule has 0 aliphatic heterocycles. The summed E-state index contributed by atoms with van der Waals surface area (Å²) in [5.41, 5.74) is 0.353. The van der Waals surface area contributed by atoms with Gasteiger partial charge in [0.05, 0.1) is 25.3 Å². The van der Waals surface area contributed by atoms with Crippen LogP contribution in [0.25, 0.3) is 0 Å². The van der Waals surface area contributed by atoms with E-state index >= 15 is 0 Å². The van der Waals surface area contributed by atoms with Gasteiger partial charge in [-0.2, -0.15) is 0 Å². The molecule has 0 bridgehead atoms. The predicted molar refractivity (Wildman–Crippen MR) is 101 cm³/mol. The predicted octanol–water partition coefficient (Wildman–Crippen LogP) is 1.62. The maximum absolute atomic E-state index is 14.1. The summed E-state index contributed by atoms with van der Waals surface area (Å²) in [6.07, 6.45) is 0. The van der Waals surface area contributed by atoms with E-state index in [-0.39, 0.29) is 49.0 Å². The summed E-state index contributed by atoms with van der Waals surface area (Å²) < 4.78 is 14.1. The number of ketones is 1. The third-order valence-electron chi connectivity index (χ3n) is 3.80. The van der Waals surface area contributed by atoms with E-state index in [9.17, 15) is 19.1 Å². The molecule has 0 aliphatic rings. The monoisotopic (exact) mass is 394 g/mol. The third kappa shape index (κ3) is 5.50. The Morgan fingerprint density at radius 1 is 1.07 bits per heavy atom. The van der Waals surface area contributed by atoms with E-state index in [1.54, 1.807) is 18.2 Å². The van der Waals surface area contributed by atoms with Crippen LogP contribution in [0, 0.1) is 5.82 Å². The Morgan fingerprint density at radius 3 is 2.48 bits per heavy atom. The normalized spacial score (nSPS) is 10.5. The minimum atomic E-state index is -0.664. The highest BCUT2D eigenvalue weighted by atomic mass is 35.5. The molecule has 0 atom stereocenters. The number of aliphatic hydroxyl groups is 2. The summed E-state index contributed by atoms with van der Waals surface area (Å²) in [4.78, 5) is 26.4. The van der Waals surface area contributed by atoms with E-state index in [2.05, 4.69) is 5.32 Å². The molecule has 2 aromatic carbocycles. The highest BCUT2D eigenvalue weighted by Crippen LogP contribution is 2.27. The first-order valence-electron chi connectivity index (χ1n) is 8.30. The fourth-order valence-corrected chi connectivity index (χ4v) is 2.76. The SMILES string of the molecule is O=C(CN(CCO)c1ccc(Cl)cc1C(=O)c1ccccc1F)NCCO. The number of benzene rings is 2. The van der Waals surface area contributed by atoms with Crippen LogP contribution in [-0.2, 0) is 4.79 Å². The number of nitrogens with one attached hydrogen (secondary N) is 1. The zero-order chi connectivity index (χ0) is 19.8. The Balaban J connectivity index is 2.41. The Labute approximate surface area is 161 Å². The van der Waals surface area contributed by atoms with Gasteiger partial charge in [0.25, 0.3) is 0 Å². The molecule has 0 unspecified atom stereocenters. The van der Waals surface area contributed by atoms with Gasteiger partial charge in [0, 0.05) is 29.4 Å². The van der Waals surface area contributed by atoms with Crippen molar-refractivity contribution in [3.63, 3.8) is 0 Å². The second-order valence-corrected chi connectivity index (χ2v) is 6.13. The molecular weight excluding hydrogens is 375 g/mol. The summed E-state index contributed by atoms with van der Waals surface area (Å²) in [5.74, 6) is -1.64. The molecule has 0 aliphatic carbocycles. The van der Waals surface area contributed by atoms with Crippen molar-refractivity contribution in [3.8, 4) is 0 Å². The van der Waals surface area contributed by atoms with E-state index in [1.807, 2.05) is 0 Å². The average Bonchev–Trinajstić information content (AvgIpc) is 2.66. The summed E-state index contributed by atoms with van der Waals surface area (Å²) in [6.45, 7) is -0.453. The van der Waals surface area contributed by atoms with Crippen LogP contribution >= 0.6 is 11.6 Å². The molecule has 0 aromatic heterocycles. The first-order chi connectivity index (χ1) is 13.0. The van der Waals surface area contributed by atoms with Gasteiger partial charge in [-0.3, -0.25) is 9.59 Å². The quantitative estimate of drug-likeness (QED) is 0.562. The standard InChI is InChI=1S/C19H20ClFN2O4/c20-13-5-6-17(23(8-10-25)12-18(26)22-7-9-24)15(11-13)19(27)14-3-1-2-4-16(14)21/h1-6,11,24-25H,7-10,12H2,(H,22,26).